The molecule has 0 saturated carbocycles. The van der Waals surface area contributed by atoms with Crippen molar-refractivity contribution >= 4 is 25.6 Å². The summed E-state index contributed by atoms with van der Waals surface area (Å²) in [5.74, 6) is 3.17. The van der Waals surface area contributed by atoms with E-state index in [2.05, 4.69) is 42.5 Å². The molecule has 1 aliphatic heterocycles. The van der Waals surface area contributed by atoms with Gasteiger partial charge < -0.3 is 10.2 Å². The van der Waals surface area contributed by atoms with Crippen LogP contribution in [0.25, 0.3) is 0 Å². The van der Waals surface area contributed by atoms with Gasteiger partial charge in [-0.05, 0) is 24.1 Å². The number of anilines is 1. The second-order valence-electron chi connectivity index (χ2n) is 7.33. The van der Waals surface area contributed by atoms with E-state index < -0.39 is 8.07 Å². The molecule has 0 radical (unpaired) electrons. The lowest BCUT2D eigenvalue weighted by atomic mass is 9.98. The molecule has 2 rings (SSSR count). The summed E-state index contributed by atoms with van der Waals surface area (Å²) >= 11 is 0. The van der Waals surface area contributed by atoms with Gasteiger partial charge in [-0.2, -0.15) is 0 Å². The van der Waals surface area contributed by atoms with Gasteiger partial charge >= 0.3 is 0 Å². The van der Waals surface area contributed by atoms with Crippen LogP contribution >= 0.6 is 0 Å². The monoisotopic (exact) mass is 354 g/mol. The van der Waals surface area contributed by atoms with E-state index in [1.165, 1.54) is 12.5 Å². The summed E-state index contributed by atoms with van der Waals surface area (Å²) in [6.07, 6.45) is 4.04. The van der Waals surface area contributed by atoms with Crippen molar-refractivity contribution in [1.82, 2.24) is 5.32 Å². The predicted molar refractivity (Wildman–Crippen MR) is 105 cm³/mol. The van der Waals surface area contributed by atoms with Gasteiger partial charge in [0.2, 0.25) is 5.91 Å². The van der Waals surface area contributed by atoms with E-state index in [0.717, 1.165) is 12.1 Å². The normalized spacial score (nSPS) is 16.3. The van der Waals surface area contributed by atoms with Crippen LogP contribution in [0, 0.1) is 11.5 Å². The zero-order chi connectivity index (χ0) is 18.4. The minimum atomic E-state index is -1.43. The van der Waals surface area contributed by atoms with Gasteiger partial charge in [0, 0.05) is 37.7 Å². The Hall–Kier alpha value is -2.32. The fourth-order valence-corrected chi connectivity index (χ4v) is 3.35. The van der Waals surface area contributed by atoms with Crippen molar-refractivity contribution in [2.45, 2.75) is 38.9 Å². The number of benzene rings is 1. The zero-order valence-corrected chi connectivity index (χ0v) is 16.4. The van der Waals surface area contributed by atoms with Crippen LogP contribution in [-0.4, -0.2) is 33.0 Å². The summed E-state index contributed by atoms with van der Waals surface area (Å²) in [5.41, 5.74) is 5.36. The number of carbonyl (C=O) groups excluding carboxylic acids is 2. The van der Waals surface area contributed by atoms with Crippen LogP contribution in [-0.2, 0) is 9.59 Å². The summed E-state index contributed by atoms with van der Waals surface area (Å²) in [4.78, 5) is 25.4. The number of allylic oxidation sites excluding steroid dienone is 1. The summed E-state index contributed by atoms with van der Waals surface area (Å²) in [7, 11) is -1.43. The van der Waals surface area contributed by atoms with Gasteiger partial charge in [-0.15, -0.1) is 5.54 Å². The Morgan fingerprint density at radius 3 is 2.72 bits per heavy atom. The molecule has 1 aromatic carbocycles. The molecule has 2 amide bonds. The number of rotatable bonds is 4. The number of amides is 2. The number of para-hydroxylation sites is 1. The molecule has 1 heterocycles. The Morgan fingerprint density at radius 1 is 1.32 bits per heavy atom. The van der Waals surface area contributed by atoms with E-state index >= 15 is 0 Å². The summed E-state index contributed by atoms with van der Waals surface area (Å²) in [6, 6.07) is 7.99. The van der Waals surface area contributed by atoms with Crippen LogP contribution in [0.4, 0.5) is 5.69 Å². The van der Waals surface area contributed by atoms with Gasteiger partial charge in [0.25, 0.3) is 5.91 Å². The Bertz CT molecular complexity index is 738. The Morgan fingerprint density at radius 2 is 2.04 bits per heavy atom. The molecule has 132 valence electrons. The molecule has 0 fully saturated rings. The van der Waals surface area contributed by atoms with E-state index in [9.17, 15) is 9.59 Å². The minimum absolute atomic E-state index is 0.0249. The van der Waals surface area contributed by atoms with Crippen molar-refractivity contribution < 1.29 is 9.59 Å². The molecular weight excluding hydrogens is 328 g/mol. The van der Waals surface area contributed by atoms with Crippen LogP contribution in [0.5, 0.6) is 0 Å². The number of hydrogen-bond acceptors (Lipinski definition) is 2. The van der Waals surface area contributed by atoms with E-state index in [1.807, 2.05) is 18.2 Å². The highest BCUT2D eigenvalue weighted by atomic mass is 28.3. The lowest BCUT2D eigenvalue weighted by Gasteiger charge is -2.15. The lowest BCUT2D eigenvalue weighted by molar-refractivity contribution is -0.119. The van der Waals surface area contributed by atoms with Crippen LogP contribution in [0.15, 0.2) is 36.4 Å². The van der Waals surface area contributed by atoms with E-state index in [1.54, 1.807) is 17.1 Å². The van der Waals surface area contributed by atoms with Gasteiger partial charge in [0.05, 0.1) is 0 Å². The van der Waals surface area contributed by atoms with E-state index in [4.69, 9.17) is 0 Å². The molecule has 0 saturated heterocycles. The number of nitrogens with one attached hydrogen (secondary N) is 1. The molecule has 1 unspecified atom stereocenters. The second-order valence-corrected chi connectivity index (χ2v) is 12.1. The highest BCUT2D eigenvalue weighted by Crippen LogP contribution is 2.37. The molecule has 25 heavy (non-hydrogen) atoms. The van der Waals surface area contributed by atoms with Crippen molar-refractivity contribution in [3.63, 3.8) is 0 Å². The third-order valence-electron chi connectivity index (χ3n) is 3.96. The largest absolute Gasteiger partial charge is 0.356 e. The van der Waals surface area contributed by atoms with Crippen molar-refractivity contribution in [2.24, 2.45) is 0 Å². The molecule has 0 bridgehead atoms. The number of carbonyl (C=O) groups is 2. The first kappa shape index (κ1) is 19.0. The maximum absolute atomic E-state index is 12.6. The van der Waals surface area contributed by atoms with Gasteiger partial charge in [-0.1, -0.05) is 43.8 Å². The molecule has 1 aromatic rings. The fraction of sp³-hybridized carbons (Fsp3) is 0.400. The van der Waals surface area contributed by atoms with Gasteiger partial charge in [0.15, 0.2) is 0 Å². The van der Waals surface area contributed by atoms with Crippen LogP contribution in [0.3, 0.4) is 0 Å². The standard InChI is InChI=1S/C20H26N2O2Si/c1-16(23)21-13-12-17-15-22(19-10-6-5-9-18(17)19)20(24)11-7-8-14-25(2,3)4/h5-7,9-11,17H,12-13,15H2,1-4H3,(H,21,23)/b11-7-. The maximum Gasteiger partial charge on any atom is 0.251 e. The zero-order valence-electron chi connectivity index (χ0n) is 15.4. The first-order valence-electron chi connectivity index (χ1n) is 8.62. The molecule has 0 aliphatic carbocycles. The molecular formula is C20H26N2O2Si. The van der Waals surface area contributed by atoms with Crippen LogP contribution in [0.2, 0.25) is 19.6 Å². The Balaban J connectivity index is 2.08. The van der Waals surface area contributed by atoms with Crippen molar-refractivity contribution in [3.8, 4) is 11.5 Å². The Labute approximate surface area is 151 Å². The fourth-order valence-electron chi connectivity index (χ4n) is 2.83. The third kappa shape index (κ3) is 5.61. The summed E-state index contributed by atoms with van der Waals surface area (Å²) in [5, 5.41) is 2.83. The first-order valence-corrected chi connectivity index (χ1v) is 12.1. The maximum atomic E-state index is 12.6. The van der Waals surface area contributed by atoms with Crippen molar-refractivity contribution in [1.29, 1.82) is 0 Å². The third-order valence-corrected chi connectivity index (χ3v) is 4.85. The summed E-state index contributed by atoms with van der Waals surface area (Å²) in [6.45, 7) is 9.30. The Kier molecular flexibility index (Phi) is 6.21. The van der Waals surface area contributed by atoms with E-state index in [-0.39, 0.29) is 17.7 Å². The first-order chi connectivity index (χ1) is 11.8. The lowest BCUT2D eigenvalue weighted by Crippen LogP contribution is -2.29. The predicted octanol–water partition coefficient (Wildman–Crippen LogP) is 3.08. The van der Waals surface area contributed by atoms with E-state index in [0.29, 0.717) is 13.1 Å². The van der Waals surface area contributed by atoms with Gasteiger partial charge in [-0.3, -0.25) is 9.59 Å². The average Bonchev–Trinajstić information content (AvgIpc) is 2.89. The summed E-state index contributed by atoms with van der Waals surface area (Å²) < 4.78 is 0. The molecule has 0 spiro atoms. The molecule has 1 atom stereocenters. The van der Waals surface area contributed by atoms with Gasteiger partial charge in [-0.25, -0.2) is 0 Å². The van der Waals surface area contributed by atoms with Crippen molar-refractivity contribution in [2.75, 3.05) is 18.0 Å². The highest BCUT2D eigenvalue weighted by molar-refractivity contribution is 6.83. The minimum Gasteiger partial charge on any atom is -0.356 e. The number of nitrogens with zero attached hydrogens (tertiary/aromatic N) is 1. The SMILES string of the molecule is CC(=O)NCCC1CN(C(=O)/C=C\C#C[Si](C)(C)C)c2ccccc21. The topological polar surface area (TPSA) is 49.4 Å². The van der Waals surface area contributed by atoms with Crippen LogP contribution in [0.1, 0.15) is 24.8 Å². The van der Waals surface area contributed by atoms with Crippen molar-refractivity contribution in [3.05, 3.63) is 42.0 Å². The average molecular weight is 355 g/mol. The molecule has 5 heteroatoms. The highest BCUT2D eigenvalue weighted by Gasteiger charge is 2.30. The quantitative estimate of drug-likeness (QED) is 0.513. The smallest absolute Gasteiger partial charge is 0.251 e. The molecule has 0 aromatic heterocycles. The van der Waals surface area contributed by atoms with Gasteiger partial charge in [0.1, 0.15) is 8.07 Å². The molecule has 4 nitrogen and oxygen atoms in total. The molecule has 1 aliphatic rings. The second kappa shape index (κ2) is 8.17. The number of fused-ring (bicyclic) bond motifs is 1. The molecule has 1 N–H and O–H groups in total. The van der Waals surface area contributed by atoms with Crippen LogP contribution < -0.4 is 10.2 Å². The number of hydrogen-bond donors (Lipinski definition) is 1.